The molecule has 3 aromatic rings. The van der Waals surface area contributed by atoms with Gasteiger partial charge in [0.15, 0.2) is 0 Å². The highest BCUT2D eigenvalue weighted by Crippen LogP contribution is 2.16. The number of aromatic amines is 1. The molecule has 0 aliphatic heterocycles. The van der Waals surface area contributed by atoms with Crippen molar-refractivity contribution in [2.45, 2.75) is 6.54 Å². The Morgan fingerprint density at radius 2 is 2.15 bits per heavy atom. The summed E-state index contributed by atoms with van der Waals surface area (Å²) in [5, 5.41) is 13.0. The molecule has 0 saturated carbocycles. The molecule has 0 radical (unpaired) electrons. The molecular formula is C14H12N4O2. The van der Waals surface area contributed by atoms with Crippen molar-refractivity contribution >= 4 is 22.8 Å². The van der Waals surface area contributed by atoms with E-state index in [9.17, 15) is 4.79 Å². The summed E-state index contributed by atoms with van der Waals surface area (Å²) in [4.78, 5) is 22.1. The number of rotatable bonds is 4. The fraction of sp³-hybridized carbons (Fsp3) is 0.0714. The molecule has 0 saturated heterocycles. The van der Waals surface area contributed by atoms with Crippen LogP contribution in [0.1, 0.15) is 15.9 Å². The Balaban J connectivity index is 1.76. The van der Waals surface area contributed by atoms with Crippen LogP contribution in [-0.4, -0.2) is 26.0 Å². The summed E-state index contributed by atoms with van der Waals surface area (Å²) in [5.41, 5.74) is 2.12. The van der Waals surface area contributed by atoms with Gasteiger partial charge < -0.3 is 15.4 Å². The number of carbonyl (C=O) groups is 1. The van der Waals surface area contributed by atoms with Crippen molar-refractivity contribution in [2.75, 3.05) is 5.32 Å². The molecule has 0 atom stereocenters. The maximum Gasteiger partial charge on any atom is 0.337 e. The third kappa shape index (κ3) is 2.31. The molecule has 6 nitrogen and oxygen atoms in total. The molecule has 3 rings (SSSR count). The van der Waals surface area contributed by atoms with Gasteiger partial charge in [-0.3, -0.25) is 0 Å². The minimum absolute atomic E-state index is 0.174. The zero-order chi connectivity index (χ0) is 13.9. The van der Waals surface area contributed by atoms with Crippen molar-refractivity contribution < 1.29 is 9.90 Å². The van der Waals surface area contributed by atoms with Gasteiger partial charge in [0.05, 0.1) is 5.56 Å². The lowest BCUT2D eigenvalue weighted by molar-refractivity contribution is 0.0696. The number of hydrogen-bond acceptors (Lipinski definition) is 4. The molecule has 0 aromatic carbocycles. The lowest BCUT2D eigenvalue weighted by atomic mass is 10.2. The van der Waals surface area contributed by atoms with E-state index >= 15 is 0 Å². The molecule has 0 fully saturated rings. The van der Waals surface area contributed by atoms with E-state index in [4.69, 9.17) is 5.11 Å². The number of aromatic carboxylic acids is 1. The van der Waals surface area contributed by atoms with Gasteiger partial charge in [-0.1, -0.05) is 0 Å². The number of hydrogen-bond donors (Lipinski definition) is 3. The predicted octanol–water partition coefficient (Wildman–Crippen LogP) is 2.27. The summed E-state index contributed by atoms with van der Waals surface area (Å²) in [6.07, 6.45) is 4.93. The lowest BCUT2D eigenvalue weighted by Crippen LogP contribution is -2.03. The first-order valence-corrected chi connectivity index (χ1v) is 6.08. The summed E-state index contributed by atoms with van der Waals surface area (Å²) in [5.74, 6) is -0.345. The Labute approximate surface area is 114 Å². The van der Waals surface area contributed by atoms with E-state index in [0.717, 1.165) is 16.6 Å². The van der Waals surface area contributed by atoms with Gasteiger partial charge in [0.1, 0.15) is 11.5 Å². The quantitative estimate of drug-likeness (QED) is 0.675. The van der Waals surface area contributed by atoms with Crippen LogP contribution in [0, 0.1) is 0 Å². The fourth-order valence-electron chi connectivity index (χ4n) is 1.98. The molecule has 0 aliphatic carbocycles. The van der Waals surface area contributed by atoms with Crippen LogP contribution >= 0.6 is 0 Å². The second kappa shape index (κ2) is 5.00. The number of nitrogens with zero attached hydrogens (tertiary/aromatic N) is 2. The van der Waals surface area contributed by atoms with Gasteiger partial charge >= 0.3 is 5.97 Å². The van der Waals surface area contributed by atoms with Crippen LogP contribution < -0.4 is 5.32 Å². The van der Waals surface area contributed by atoms with E-state index < -0.39 is 5.97 Å². The van der Waals surface area contributed by atoms with Crippen LogP contribution in [0.3, 0.4) is 0 Å². The lowest BCUT2D eigenvalue weighted by Gasteiger charge is -2.06. The van der Waals surface area contributed by atoms with Crippen molar-refractivity contribution in [2.24, 2.45) is 0 Å². The normalized spacial score (nSPS) is 10.6. The number of pyridine rings is 2. The number of H-pyrrole nitrogens is 1. The predicted molar refractivity (Wildman–Crippen MR) is 74.6 cm³/mol. The molecule has 3 N–H and O–H groups in total. The number of carboxylic acid groups (broad SMARTS) is 1. The van der Waals surface area contributed by atoms with Gasteiger partial charge in [0.2, 0.25) is 0 Å². The molecule has 0 unspecified atom stereocenters. The topological polar surface area (TPSA) is 90.9 Å². The van der Waals surface area contributed by atoms with Crippen molar-refractivity contribution in [1.82, 2.24) is 15.0 Å². The van der Waals surface area contributed by atoms with E-state index in [-0.39, 0.29) is 5.56 Å². The van der Waals surface area contributed by atoms with Crippen molar-refractivity contribution in [3.63, 3.8) is 0 Å². The number of aromatic nitrogens is 3. The first-order chi connectivity index (χ1) is 9.74. The first-order valence-electron chi connectivity index (χ1n) is 6.08. The Hall–Kier alpha value is -2.89. The van der Waals surface area contributed by atoms with E-state index in [1.165, 1.54) is 12.3 Å². The highest BCUT2D eigenvalue weighted by Gasteiger charge is 2.05. The summed E-state index contributed by atoms with van der Waals surface area (Å²) < 4.78 is 0. The Morgan fingerprint density at radius 1 is 1.25 bits per heavy atom. The van der Waals surface area contributed by atoms with Crippen LogP contribution in [0.2, 0.25) is 0 Å². The highest BCUT2D eigenvalue weighted by atomic mass is 16.4. The van der Waals surface area contributed by atoms with Crippen molar-refractivity contribution in [1.29, 1.82) is 0 Å². The molecule has 0 bridgehead atoms. The maximum absolute atomic E-state index is 10.7. The SMILES string of the molecule is O=C(O)c1ccc(NCc2ccnc3[nH]ccc23)nc1. The third-order valence-electron chi connectivity index (χ3n) is 3.02. The molecule has 3 heterocycles. The molecule has 6 heteroatoms. The molecule has 0 spiro atoms. The minimum Gasteiger partial charge on any atom is -0.478 e. The van der Waals surface area contributed by atoms with Gasteiger partial charge in [0, 0.05) is 30.5 Å². The molecule has 0 amide bonds. The smallest absolute Gasteiger partial charge is 0.337 e. The molecular weight excluding hydrogens is 256 g/mol. The van der Waals surface area contributed by atoms with Crippen LogP contribution in [-0.2, 0) is 6.54 Å². The second-order valence-electron chi connectivity index (χ2n) is 4.30. The Morgan fingerprint density at radius 3 is 2.90 bits per heavy atom. The van der Waals surface area contributed by atoms with E-state index in [0.29, 0.717) is 12.4 Å². The molecule has 0 aliphatic rings. The molecule has 3 aromatic heterocycles. The number of carboxylic acids is 1. The Bertz CT molecular complexity index is 749. The van der Waals surface area contributed by atoms with Crippen LogP contribution in [0.4, 0.5) is 5.82 Å². The van der Waals surface area contributed by atoms with Gasteiger partial charge in [-0.15, -0.1) is 0 Å². The van der Waals surface area contributed by atoms with Gasteiger partial charge in [-0.2, -0.15) is 0 Å². The van der Waals surface area contributed by atoms with Gasteiger partial charge in [-0.25, -0.2) is 14.8 Å². The molecule has 20 heavy (non-hydrogen) atoms. The van der Waals surface area contributed by atoms with Crippen molar-refractivity contribution in [3.8, 4) is 0 Å². The summed E-state index contributed by atoms with van der Waals surface area (Å²) in [6, 6.07) is 7.09. The largest absolute Gasteiger partial charge is 0.478 e. The zero-order valence-electron chi connectivity index (χ0n) is 10.5. The zero-order valence-corrected chi connectivity index (χ0v) is 10.5. The summed E-state index contributed by atoms with van der Waals surface area (Å²) in [6.45, 7) is 0.594. The minimum atomic E-state index is -0.979. The number of nitrogens with one attached hydrogen (secondary N) is 2. The van der Waals surface area contributed by atoms with Crippen LogP contribution in [0.5, 0.6) is 0 Å². The Kier molecular flexibility index (Phi) is 3.04. The van der Waals surface area contributed by atoms with Crippen LogP contribution in [0.15, 0.2) is 42.9 Å². The fourth-order valence-corrected chi connectivity index (χ4v) is 1.98. The molecule has 100 valence electrons. The first kappa shape index (κ1) is 12.2. The number of fused-ring (bicyclic) bond motifs is 1. The highest BCUT2D eigenvalue weighted by molar-refractivity contribution is 5.87. The van der Waals surface area contributed by atoms with Crippen molar-refractivity contribution in [3.05, 3.63) is 54.0 Å². The van der Waals surface area contributed by atoms with E-state index in [1.807, 2.05) is 18.3 Å². The van der Waals surface area contributed by atoms with E-state index in [1.54, 1.807) is 12.3 Å². The third-order valence-corrected chi connectivity index (χ3v) is 3.02. The average molecular weight is 268 g/mol. The van der Waals surface area contributed by atoms with Gasteiger partial charge in [-0.05, 0) is 29.8 Å². The second-order valence-corrected chi connectivity index (χ2v) is 4.30. The number of anilines is 1. The average Bonchev–Trinajstić information content (AvgIpc) is 2.94. The van der Waals surface area contributed by atoms with E-state index in [2.05, 4.69) is 20.3 Å². The van der Waals surface area contributed by atoms with Crippen LogP contribution in [0.25, 0.3) is 11.0 Å². The van der Waals surface area contributed by atoms with Gasteiger partial charge in [0.25, 0.3) is 0 Å². The monoisotopic (exact) mass is 268 g/mol. The summed E-state index contributed by atoms with van der Waals surface area (Å²) >= 11 is 0. The summed E-state index contributed by atoms with van der Waals surface area (Å²) in [7, 11) is 0. The maximum atomic E-state index is 10.7. The standard InChI is InChI=1S/C14H12N4O2/c19-14(20)10-1-2-12(18-8-10)17-7-9-3-5-15-13-11(9)4-6-16-13/h1-6,8H,7H2,(H,15,16)(H,17,18)(H,19,20).